The predicted octanol–water partition coefficient (Wildman–Crippen LogP) is 2.86. The van der Waals surface area contributed by atoms with Gasteiger partial charge in [-0.15, -0.1) is 0 Å². The standard InChI is InChI=1S/C12H15BrFNO/c13-12-2-1-10(14)7-9(12)8-15-11-3-5-16-6-4-11/h1-2,7,11,15H,3-6,8H2. The molecule has 2 nitrogen and oxygen atoms in total. The molecule has 16 heavy (non-hydrogen) atoms. The molecule has 0 unspecified atom stereocenters. The second-order valence-electron chi connectivity index (χ2n) is 4.00. The normalized spacial score (nSPS) is 17.6. The maximum Gasteiger partial charge on any atom is 0.123 e. The molecule has 1 saturated heterocycles. The molecule has 0 atom stereocenters. The van der Waals surface area contributed by atoms with Crippen molar-refractivity contribution in [2.45, 2.75) is 25.4 Å². The van der Waals surface area contributed by atoms with Gasteiger partial charge in [-0.25, -0.2) is 4.39 Å². The zero-order chi connectivity index (χ0) is 11.4. The van der Waals surface area contributed by atoms with E-state index >= 15 is 0 Å². The van der Waals surface area contributed by atoms with Crippen molar-refractivity contribution in [2.24, 2.45) is 0 Å². The van der Waals surface area contributed by atoms with Gasteiger partial charge in [0.15, 0.2) is 0 Å². The number of hydrogen-bond donors (Lipinski definition) is 1. The van der Waals surface area contributed by atoms with Crippen molar-refractivity contribution in [1.82, 2.24) is 5.32 Å². The van der Waals surface area contributed by atoms with E-state index in [1.165, 1.54) is 6.07 Å². The molecule has 1 aromatic rings. The zero-order valence-corrected chi connectivity index (χ0v) is 10.6. The Bertz CT molecular complexity index is 353. The van der Waals surface area contributed by atoms with Gasteiger partial charge in [0.05, 0.1) is 0 Å². The third kappa shape index (κ3) is 3.27. The molecule has 0 bridgehead atoms. The lowest BCUT2D eigenvalue weighted by molar-refractivity contribution is 0.0776. The highest BCUT2D eigenvalue weighted by molar-refractivity contribution is 9.10. The lowest BCUT2D eigenvalue weighted by Gasteiger charge is -2.23. The van der Waals surface area contributed by atoms with E-state index in [9.17, 15) is 4.39 Å². The molecule has 0 amide bonds. The lowest BCUT2D eigenvalue weighted by Crippen LogP contribution is -2.34. The predicted molar refractivity (Wildman–Crippen MR) is 64.8 cm³/mol. The number of halogens is 2. The van der Waals surface area contributed by atoms with Crippen LogP contribution in [-0.2, 0) is 11.3 Å². The van der Waals surface area contributed by atoms with Gasteiger partial charge in [-0.05, 0) is 36.6 Å². The molecule has 0 aromatic heterocycles. The van der Waals surface area contributed by atoms with Crippen LogP contribution in [0.4, 0.5) is 4.39 Å². The SMILES string of the molecule is Fc1ccc(Br)c(CNC2CCOCC2)c1. The third-order valence-electron chi connectivity index (χ3n) is 2.81. The van der Waals surface area contributed by atoms with E-state index in [0.29, 0.717) is 12.6 Å². The molecular weight excluding hydrogens is 273 g/mol. The molecule has 4 heteroatoms. The topological polar surface area (TPSA) is 21.3 Å². The summed E-state index contributed by atoms with van der Waals surface area (Å²) < 4.78 is 19.3. The van der Waals surface area contributed by atoms with Crippen LogP contribution < -0.4 is 5.32 Å². The van der Waals surface area contributed by atoms with Gasteiger partial charge >= 0.3 is 0 Å². The van der Waals surface area contributed by atoms with Crippen LogP contribution in [0.2, 0.25) is 0 Å². The molecule has 0 radical (unpaired) electrons. The fourth-order valence-corrected chi connectivity index (χ4v) is 2.22. The molecule has 1 heterocycles. The molecule has 1 aromatic carbocycles. The van der Waals surface area contributed by atoms with E-state index in [1.54, 1.807) is 12.1 Å². The highest BCUT2D eigenvalue weighted by Crippen LogP contribution is 2.18. The van der Waals surface area contributed by atoms with Crippen molar-refractivity contribution in [2.75, 3.05) is 13.2 Å². The fourth-order valence-electron chi connectivity index (χ4n) is 1.83. The fraction of sp³-hybridized carbons (Fsp3) is 0.500. The number of hydrogen-bond acceptors (Lipinski definition) is 2. The summed E-state index contributed by atoms with van der Waals surface area (Å²) in [6, 6.07) is 5.26. The van der Waals surface area contributed by atoms with Crippen LogP contribution in [0.5, 0.6) is 0 Å². The number of nitrogens with one attached hydrogen (secondary N) is 1. The third-order valence-corrected chi connectivity index (χ3v) is 3.58. The van der Waals surface area contributed by atoms with Gasteiger partial charge in [-0.3, -0.25) is 0 Å². The molecule has 0 saturated carbocycles. The van der Waals surface area contributed by atoms with Crippen LogP contribution in [0.1, 0.15) is 18.4 Å². The van der Waals surface area contributed by atoms with Gasteiger partial charge < -0.3 is 10.1 Å². The largest absolute Gasteiger partial charge is 0.381 e. The van der Waals surface area contributed by atoms with E-state index < -0.39 is 0 Å². The van der Waals surface area contributed by atoms with Crippen molar-refractivity contribution in [3.05, 3.63) is 34.1 Å². The van der Waals surface area contributed by atoms with Crippen LogP contribution in [0.25, 0.3) is 0 Å². The van der Waals surface area contributed by atoms with Crippen molar-refractivity contribution >= 4 is 15.9 Å². The molecule has 0 spiro atoms. The first-order valence-electron chi connectivity index (χ1n) is 5.51. The van der Waals surface area contributed by atoms with E-state index in [0.717, 1.165) is 36.1 Å². The van der Waals surface area contributed by atoms with E-state index in [2.05, 4.69) is 21.2 Å². The Kier molecular flexibility index (Phi) is 4.32. The Morgan fingerprint density at radius 1 is 1.38 bits per heavy atom. The summed E-state index contributed by atoms with van der Waals surface area (Å²) in [6.45, 7) is 2.34. The minimum absolute atomic E-state index is 0.188. The van der Waals surface area contributed by atoms with Crippen LogP contribution >= 0.6 is 15.9 Å². The van der Waals surface area contributed by atoms with Gasteiger partial charge in [0.25, 0.3) is 0 Å². The van der Waals surface area contributed by atoms with Crippen LogP contribution in [0.3, 0.4) is 0 Å². The Labute approximate surface area is 103 Å². The van der Waals surface area contributed by atoms with Gasteiger partial charge in [-0.1, -0.05) is 15.9 Å². The molecule has 2 rings (SSSR count). The summed E-state index contributed by atoms with van der Waals surface area (Å²) in [4.78, 5) is 0. The lowest BCUT2D eigenvalue weighted by atomic mass is 10.1. The Balaban J connectivity index is 1.90. The summed E-state index contributed by atoms with van der Waals surface area (Å²) >= 11 is 3.42. The van der Waals surface area contributed by atoms with Crippen molar-refractivity contribution in [1.29, 1.82) is 0 Å². The highest BCUT2D eigenvalue weighted by Gasteiger charge is 2.13. The summed E-state index contributed by atoms with van der Waals surface area (Å²) in [6.07, 6.45) is 2.07. The molecule has 1 fully saturated rings. The molecule has 88 valence electrons. The van der Waals surface area contributed by atoms with Crippen LogP contribution in [-0.4, -0.2) is 19.3 Å². The van der Waals surface area contributed by atoms with Gasteiger partial charge in [0, 0.05) is 30.3 Å². The Morgan fingerprint density at radius 2 is 2.12 bits per heavy atom. The van der Waals surface area contributed by atoms with Gasteiger partial charge in [-0.2, -0.15) is 0 Å². The van der Waals surface area contributed by atoms with Crippen molar-refractivity contribution < 1.29 is 9.13 Å². The highest BCUT2D eigenvalue weighted by atomic mass is 79.9. The average Bonchev–Trinajstić information content (AvgIpc) is 2.32. The van der Waals surface area contributed by atoms with E-state index in [1.807, 2.05) is 0 Å². The van der Waals surface area contributed by atoms with Crippen molar-refractivity contribution in [3.63, 3.8) is 0 Å². The maximum atomic E-state index is 13.0. The summed E-state index contributed by atoms with van der Waals surface area (Å²) in [7, 11) is 0. The smallest absolute Gasteiger partial charge is 0.123 e. The number of benzene rings is 1. The van der Waals surface area contributed by atoms with E-state index in [-0.39, 0.29) is 5.82 Å². The quantitative estimate of drug-likeness (QED) is 0.923. The van der Waals surface area contributed by atoms with Crippen LogP contribution in [0, 0.1) is 5.82 Å². The number of ether oxygens (including phenoxy) is 1. The number of rotatable bonds is 3. The first-order valence-corrected chi connectivity index (χ1v) is 6.30. The first kappa shape index (κ1) is 12.0. The molecule has 0 aliphatic carbocycles. The maximum absolute atomic E-state index is 13.0. The minimum Gasteiger partial charge on any atom is -0.381 e. The Morgan fingerprint density at radius 3 is 2.88 bits per heavy atom. The van der Waals surface area contributed by atoms with Gasteiger partial charge in [0.2, 0.25) is 0 Å². The van der Waals surface area contributed by atoms with E-state index in [4.69, 9.17) is 4.74 Å². The van der Waals surface area contributed by atoms with Crippen LogP contribution in [0.15, 0.2) is 22.7 Å². The summed E-state index contributed by atoms with van der Waals surface area (Å²) in [5.74, 6) is -0.188. The zero-order valence-electron chi connectivity index (χ0n) is 9.01. The van der Waals surface area contributed by atoms with Crippen molar-refractivity contribution in [3.8, 4) is 0 Å². The second kappa shape index (κ2) is 5.75. The summed E-state index contributed by atoms with van der Waals surface area (Å²) in [5.41, 5.74) is 0.964. The molecule has 1 aliphatic rings. The van der Waals surface area contributed by atoms with Gasteiger partial charge in [0.1, 0.15) is 5.82 Å². The Hall–Kier alpha value is -0.450. The summed E-state index contributed by atoms with van der Waals surface area (Å²) in [5, 5.41) is 3.43. The molecule has 1 N–H and O–H groups in total. The minimum atomic E-state index is -0.188. The first-order chi connectivity index (χ1) is 7.75. The molecule has 1 aliphatic heterocycles. The average molecular weight is 288 g/mol. The molecular formula is C12H15BrFNO. The second-order valence-corrected chi connectivity index (χ2v) is 4.86. The monoisotopic (exact) mass is 287 g/mol.